The van der Waals surface area contributed by atoms with Gasteiger partial charge in [-0.25, -0.2) is 4.79 Å². The van der Waals surface area contributed by atoms with Gasteiger partial charge >= 0.3 is 6.03 Å². The van der Waals surface area contributed by atoms with Crippen molar-refractivity contribution in [2.24, 2.45) is 0 Å². The number of amides is 3. The molecule has 4 heteroatoms. The molecule has 140 valence electrons. The summed E-state index contributed by atoms with van der Waals surface area (Å²) >= 11 is 0. The summed E-state index contributed by atoms with van der Waals surface area (Å²) in [5.41, 5.74) is 3.43. The normalized spacial score (nSPS) is 15.6. The Morgan fingerprint density at radius 2 is 1.39 bits per heavy atom. The highest BCUT2D eigenvalue weighted by Crippen LogP contribution is 2.36. The van der Waals surface area contributed by atoms with E-state index in [1.54, 1.807) is 0 Å². The van der Waals surface area contributed by atoms with Crippen molar-refractivity contribution >= 4 is 11.9 Å². The summed E-state index contributed by atoms with van der Waals surface area (Å²) in [6, 6.07) is 24.6. The highest BCUT2D eigenvalue weighted by Gasteiger charge is 2.53. The van der Waals surface area contributed by atoms with Gasteiger partial charge in [-0.3, -0.25) is 9.69 Å². The maximum absolute atomic E-state index is 13.7. The van der Waals surface area contributed by atoms with Gasteiger partial charge in [0.1, 0.15) is 0 Å². The van der Waals surface area contributed by atoms with Gasteiger partial charge in [0.15, 0.2) is 5.54 Å². The smallest absolute Gasteiger partial charge is 0.315 e. The molecule has 0 unspecified atom stereocenters. The third kappa shape index (κ3) is 2.87. The molecule has 1 heterocycles. The fraction of sp³-hybridized carbons (Fsp3) is 0.167. The largest absolute Gasteiger partial charge is 0.325 e. The standard InChI is InChI=1S/C24H22N2O2/c1-17-13-14-18(2)19(15-17)16-26-22(27)24(25-23(26)28,20-9-5-3-6-10-20)21-11-7-4-8-12-21/h3-15H,16H2,1-2H3,(H,25,28). The zero-order valence-corrected chi connectivity index (χ0v) is 16.0. The quantitative estimate of drug-likeness (QED) is 0.696. The number of benzene rings is 3. The first-order valence-electron chi connectivity index (χ1n) is 9.33. The van der Waals surface area contributed by atoms with Crippen molar-refractivity contribution in [3.8, 4) is 0 Å². The number of carbonyl (C=O) groups is 2. The molecule has 4 nitrogen and oxygen atoms in total. The van der Waals surface area contributed by atoms with Gasteiger partial charge in [-0.2, -0.15) is 0 Å². The SMILES string of the molecule is Cc1ccc(C)c(CN2C(=O)NC(c3ccccc3)(c3ccccc3)C2=O)c1. The molecule has 1 aliphatic heterocycles. The number of hydrogen-bond donors (Lipinski definition) is 1. The Morgan fingerprint density at radius 1 is 0.821 bits per heavy atom. The second kappa shape index (κ2) is 6.97. The monoisotopic (exact) mass is 370 g/mol. The Bertz CT molecular complexity index is 989. The van der Waals surface area contributed by atoms with Crippen molar-refractivity contribution < 1.29 is 9.59 Å². The van der Waals surface area contributed by atoms with Crippen LogP contribution in [-0.4, -0.2) is 16.8 Å². The van der Waals surface area contributed by atoms with Crippen molar-refractivity contribution in [3.05, 3.63) is 107 Å². The van der Waals surface area contributed by atoms with Crippen molar-refractivity contribution in [1.82, 2.24) is 10.2 Å². The van der Waals surface area contributed by atoms with E-state index in [1.807, 2.05) is 92.7 Å². The molecule has 3 aromatic rings. The van der Waals surface area contributed by atoms with Gasteiger partial charge in [0.05, 0.1) is 6.54 Å². The number of hydrogen-bond acceptors (Lipinski definition) is 2. The number of imide groups is 1. The van der Waals surface area contributed by atoms with Crippen LogP contribution in [0, 0.1) is 13.8 Å². The van der Waals surface area contributed by atoms with E-state index in [-0.39, 0.29) is 18.5 Å². The third-order valence-electron chi connectivity index (χ3n) is 5.35. The minimum atomic E-state index is -1.21. The van der Waals surface area contributed by atoms with Crippen LogP contribution in [0.4, 0.5) is 4.79 Å². The Morgan fingerprint density at radius 3 is 1.96 bits per heavy atom. The van der Waals surface area contributed by atoms with Crippen molar-refractivity contribution in [1.29, 1.82) is 0 Å². The van der Waals surface area contributed by atoms with E-state index in [0.717, 1.165) is 27.8 Å². The molecule has 0 saturated carbocycles. The van der Waals surface area contributed by atoms with E-state index in [9.17, 15) is 9.59 Å². The van der Waals surface area contributed by atoms with E-state index >= 15 is 0 Å². The summed E-state index contributed by atoms with van der Waals surface area (Å²) in [5.74, 6) is -0.254. The molecule has 28 heavy (non-hydrogen) atoms. The van der Waals surface area contributed by atoms with Crippen LogP contribution in [0.15, 0.2) is 78.9 Å². The average Bonchev–Trinajstić information content (AvgIpc) is 2.97. The highest BCUT2D eigenvalue weighted by molar-refractivity contribution is 6.09. The Balaban J connectivity index is 1.80. The lowest BCUT2D eigenvalue weighted by atomic mass is 9.82. The molecular weight excluding hydrogens is 348 g/mol. The van der Waals surface area contributed by atoms with E-state index in [1.165, 1.54) is 4.90 Å². The van der Waals surface area contributed by atoms with E-state index < -0.39 is 5.54 Å². The lowest BCUT2D eigenvalue weighted by molar-refractivity contribution is -0.130. The van der Waals surface area contributed by atoms with E-state index in [4.69, 9.17) is 0 Å². The molecule has 0 radical (unpaired) electrons. The second-order valence-corrected chi connectivity index (χ2v) is 7.23. The lowest BCUT2D eigenvalue weighted by Gasteiger charge is -2.28. The number of nitrogens with zero attached hydrogens (tertiary/aromatic N) is 1. The highest BCUT2D eigenvalue weighted by atomic mass is 16.2. The fourth-order valence-corrected chi connectivity index (χ4v) is 3.79. The van der Waals surface area contributed by atoms with Gasteiger partial charge < -0.3 is 5.32 Å². The molecule has 1 fully saturated rings. The topological polar surface area (TPSA) is 49.4 Å². The Kier molecular flexibility index (Phi) is 4.47. The summed E-state index contributed by atoms with van der Waals surface area (Å²) in [6.07, 6.45) is 0. The summed E-state index contributed by atoms with van der Waals surface area (Å²) in [4.78, 5) is 27.9. The fourth-order valence-electron chi connectivity index (χ4n) is 3.79. The number of nitrogens with one attached hydrogen (secondary N) is 1. The van der Waals surface area contributed by atoms with Gasteiger partial charge in [-0.15, -0.1) is 0 Å². The van der Waals surface area contributed by atoms with Crippen molar-refractivity contribution in [2.45, 2.75) is 25.9 Å². The second-order valence-electron chi connectivity index (χ2n) is 7.23. The number of aryl methyl sites for hydroxylation is 2. The molecule has 3 amide bonds. The Hall–Kier alpha value is -3.40. The maximum Gasteiger partial charge on any atom is 0.325 e. The molecule has 0 bridgehead atoms. The van der Waals surface area contributed by atoms with Gasteiger partial charge in [-0.1, -0.05) is 84.4 Å². The zero-order chi connectivity index (χ0) is 19.7. The number of carbonyl (C=O) groups excluding carboxylic acids is 2. The first-order chi connectivity index (χ1) is 13.5. The summed E-state index contributed by atoms with van der Waals surface area (Å²) in [5, 5.41) is 2.99. The molecule has 0 aromatic heterocycles. The molecule has 0 aliphatic carbocycles. The van der Waals surface area contributed by atoms with E-state index in [0.29, 0.717) is 0 Å². The molecule has 0 spiro atoms. The van der Waals surface area contributed by atoms with Crippen LogP contribution in [0.2, 0.25) is 0 Å². The summed E-state index contributed by atoms with van der Waals surface area (Å²) in [7, 11) is 0. The van der Waals surface area contributed by atoms with Gasteiger partial charge in [-0.05, 0) is 36.1 Å². The molecule has 1 N–H and O–H groups in total. The summed E-state index contributed by atoms with van der Waals surface area (Å²) < 4.78 is 0. The first-order valence-corrected chi connectivity index (χ1v) is 9.33. The average molecular weight is 370 g/mol. The molecule has 1 aliphatic rings. The van der Waals surface area contributed by atoms with Gasteiger partial charge in [0.2, 0.25) is 0 Å². The van der Waals surface area contributed by atoms with Crippen LogP contribution in [0.3, 0.4) is 0 Å². The van der Waals surface area contributed by atoms with Crippen LogP contribution in [-0.2, 0) is 16.9 Å². The number of rotatable bonds is 4. The predicted octanol–water partition coefficient (Wildman–Crippen LogP) is 4.30. The molecule has 0 atom stereocenters. The molecule has 1 saturated heterocycles. The Labute approximate surface area is 164 Å². The van der Waals surface area contributed by atoms with E-state index in [2.05, 4.69) is 5.32 Å². The van der Waals surface area contributed by atoms with Crippen LogP contribution in [0.25, 0.3) is 0 Å². The van der Waals surface area contributed by atoms with Crippen LogP contribution in [0.5, 0.6) is 0 Å². The van der Waals surface area contributed by atoms with Crippen LogP contribution < -0.4 is 5.32 Å². The first kappa shape index (κ1) is 18.0. The lowest BCUT2D eigenvalue weighted by Crippen LogP contribution is -2.45. The maximum atomic E-state index is 13.7. The van der Waals surface area contributed by atoms with Gasteiger partial charge in [0.25, 0.3) is 5.91 Å². The van der Waals surface area contributed by atoms with Crippen molar-refractivity contribution in [2.75, 3.05) is 0 Å². The van der Waals surface area contributed by atoms with Crippen LogP contribution >= 0.6 is 0 Å². The minimum Gasteiger partial charge on any atom is -0.315 e. The summed E-state index contributed by atoms with van der Waals surface area (Å²) in [6.45, 7) is 4.25. The molecular formula is C24H22N2O2. The third-order valence-corrected chi connectivity index (χ3v) is 5.35. The minimum absolute atomic E-state index is 0.250. The van der Waals surface area contributed by atoms with Crippen LogP contribution in [0.1, 0.15) is 27.8 Å². The van der Waals surface area contributed by atoms with Gasteiger partial charge in [0, 0.05) is 0 Å². The predicted molar refractivity (Wildman–Crippen MR) is 109 cm³/mol. The van der Waals surface area contributed by atoms with Crippen molar-refractivity contribution in [3.63, 3.8) is 0 Å². The zero-order valence-electron chi connectivity index (χ0n) is 16.0. The molecule has 4 rings (SSSR count). The molecule has 3 aromatic carbocycles. The number of urea groups is 1.